The van der Waals surface area contributed by atoms with Crippen molar-refractivity contribution in [2.45, 2.75) is 6.54 Å². The van der Waals surface area contributed by atoms with Crippen LogP contribution in [-0.2, 0) is 6.54 Å². The first-order chi connectivity index (χ1) is 11.6. The molecule has 0 unspecified atom stereocenters. The lowest BCUT2D eigenvalue weighted by atomic mass is 10.2. The topological polar surface area (TPSA) is 75.1 Å². The highest BCUT2D eigenvalue weighted by Gasteiger charge is 2.07. The van der Waals surface area contributed by atoms with Crippen molar-refractivity contribution in [3.8, 4) is 17.2 Å². The minimum Gasteiger partial charge on any atom is -0.505 e. The van der Waals surface area contributed by atoms with E-state index < -0.39 is 5.82 Å². The quantitative estimate of drug-likeness (QED) is 0.579. The zero-order valence-corrected chi connectivity index (χ0v) is 13.8. The molecule has 0 spiro atoms. The Balaban J connectivity index is 2.03. The van der Waals surface area contributed by atoms with Crippen LogP contribution in [0.1, 0.15) is 5.56 Å². The van der Waals surface area contributed by atoms with Gasteiger partial charge in [-0.25, -0.2) is 4.39 Å². The second kappa shape index (κ2) is 8.05. The highest BCUT2D eigenvalue weighted by Crippen LogP contribution is 2.29. The van der Waals surface area contributed by atoms with Crippen LogP contribution in [0.4, 0.5) is 10.1 Å². The van der Waals surface area contributed by atoms with Crippen molar-refractivity contribution in [3.05, 3.63) is 47.8 Å². The van der Waals surface area contributed by atoms with E-state index in [4.69, 9.17) is 9.47 Å². The molecule has 0 bridgehead atoms. The average Bonchev–Trinajstić information content (AvgIpc) is 2.61. The Bertz CT molecular complexity index is 735. The molecule has 2 aromatic rings. The number of anilines is 1. The molecule has 2 aromatic carbocycles. The summed E-state index contributed by atoms with van der Waals surface area (Å²) in [4.78, 5) is 4.12. The molecule has 6 nitrogen and oxygen atoms in total. The summed E-state index contributed by atoms with van der Waals surface area (Å²) in [7, 11) is 4.77. The Morgan fingerprint density at radius 2 is 1.88 bits per heavy atom. The first-order valence-corrected chi connectivity index (χ1v) is 7.24. The number of nitrogens with zero attached hydrogens (tertiary/aromatic N) is 1. The van der Waals surface area contributed by atoms with E-state index in [0.29, 0.717) is 29.6 Å². The van der Waals surface area contributed by atoms with Crippen LogP contribution >= 0.6 is 0 Å². The van der Waals surface area contributed by atoms with Gasteiger partial charge in [-0.05, 0) is 29.8 Å². The molecule has 0 aliphatic rings. The van der Waals surface area contributed by atoms with E-state index in [0.717, 1.165) is 5.69 Å². The molecule has 0 amide bonds. The van der Waals surface area contributed by atoms with Gasteiger partial charge in [0.05, 0.1) is 14.2 Å². The minimum atomic E-state index is -0.655. The van der Waals surface area contributed by atoms with E-state index in [1.54, 1.807) is 39.5 Å². The molecule has 0 saturated carbocycles. The lowest BCUT2D eigenvalue weighted by Gasteiger charge is -2.14. The molecular weight excluding hydrogens is 313 g/mol. The second-order valence-electron chi connectivity index (χ2n) is 4.91. The van der Waals surface area contributed by atoms with Gasteiger partial charge in [0.2, 0.25) is 0 Å². The van der Waals surface area contributed by atoms with Gasteiger partial charge in [0.1, 0.15) is 0 Å². The largest absolute Gasteiger partial charge is 0.505 e. The fourth-order valence-corrected chi connectivity index (χ4v) is 2.08. The SMILES string of the molecule is CN=C(NCc1ccc(O)c(F)c1)Nc1ccc(OC)c(OC)c1. The maximum atomic E-state index is 13.3. The standard InChI is InChI=1S/C17H20FN3O3/c1-19-17(20-10-11-4-6-14(22)13(18)8-11)21-12-5-7-15(23-2)16(9-12)24-3/h4-9,22H,10H2,1-3H3,(H2,19,20,21). The number of methoxy groups -OCH3 is 2. The van der Waals surface area contributed by atoms with Crippen molar-refractivity contribution >= 4 is 11.6 Å². The molecule has 0 aliphatic heterocycles. The van der Waals surface area contributed by atoms with Gasteiger partial charge >= 0.3 is 0 Å². The number of rotatable bonds is 5. The van der Waals surface area contributed by atoms with Crippen LogP contribution in [0.15, 0.2) is 41.4 Å². The van der Waals surface area contributed by atoms with Gasteiger partial charge in [-0.15, -0.1) is 0 Å². The molecule has 0 aliphatic carbocycles. The fraction of sp³-hybridized carbons (Fsp3) is 0.235. The summed E-state index contributed by atoms with van der Waals surface area (Å²) in [5.41, 5.74) is 1.44. The summed E-state index contributed by atoms with van der Waals surface area (Å²) in [6.07, 6.45) is 0. The number of phenolic OH excluding ortho intramolecular Hbond substituents is 1. The third kappa shape index (κ3) is 4.28. The summed E-state index contributed by atoms with van der Waals surface area (Å²) in [6, 6.07) is 9.61. The molecule has 0 saturated heterocycles. The van der Waals surface area contributed by atoms with Gasteiger partial charge in [-0.2, -0.15) is 0 Å². The van der Waals surface area contributed by atoms with Gasteiger partial charge in [-0.1, -0.05) is 6.07 Å². The Morgan fingerprint density at radius 1 is 1.12 bits per heavy atom. The van der Waals surface area contributed by atoms with Crippen molar-refractivity contribution in [2.75, 3.05) is 26.6 Å². The van der Waals surface area contributed by atoms with E-state index in [-0.39, 0.29) is 5.75 Å². The van der Waals surface area contributed by atoms with Gasteiger partial charge in [0.15, 0.2) is 29.0 Å². The van der Waals surface area contributed by atoms with Gasteiger partial charge < -0.3 is 25.2 Å². The van der Waals surface area contributed by atoms with Gasteiger partial charge in [-0.3, -0.25) is 4.99 Å². The van der Waals surface area contributed by atoms with Crippen LogP contribution in [0.25, 0.3) is 0 Å². The maximum absolute atomic E-state index is 13.3. The zero-order chi connectivity index (χ0) is 17.5. The molecule has 24 heavy (non-hydrogen) atoms. The van der Waals surface area contributed by atoms with Crippen molar-refractivity contribution in [1.82, 2.24) is 5.32 Å². The van der Waals surface area contributed by atoms with Crippen molar-refractivity contribution < 1.29 is 19.0 Å². The fourth-order valence-electron chi connectivity index (χ4n) is 2.08. The third-order valence-electron chi connectivity index (χ3n) is 3.34. The molecule has 0 aromatic heterocycles. The predicted octanol–water partition coefficient (Wildman–Crippen LogP) is 2.74. The number of halogens is 1. The van der Waals surface area contributed by atoms with Gasteiger partial charge in [0.25, 0.3) is 0 Å². The van der Waals surface area contributed by atoms with Crippen LogP contribution in [0, 0.1) is 5.82 Å². The van der Waals surface area contributed by atoms with E-state index in [2.05, 4.69) is 15.6 Å². The number of benzene rings is 2. The first-order valence-electron chi connectivity index (χ1n) is 7.24. The molecule has 0 radical (unpaired) electrons. The predicted molar refractivity (Wildman–Crippen MR) is 91.4 cm³/mol. The van der Waals surface area contributed by atoms with Crippen molar-refractivity contribution in [1.29, 1.82) is 0 Å². The van der Waals surface area contributed by atoms with Crippen LogP contribution in [0.2, 0.25) is 0 Å². The number of aromatic hydroxyl groups is 1. The number of nitrogens with one attached hydrogen (secondary N) is 2. The minimum absolute atomic E-state index is 0.351. The average molecular weight is 333 g/mol. The Morgan fingerprint density at radius 3 is 2.50 bits per heavy atom. The van der Waals surface area contributed by atoms with E-state index in [1.807, 2.05) is 6.07 Å². The lowest BCUT2D eigenvalue weighted by Crippen LogP contribution is -2.30. The van der Waals surface area contributed by atoms with Crippen LogP contribution in [0.5, 0.6) is 17.2 Å². The number of aliphatic imine (C=N–C) groups is 1. The number of hydrogen-bond donors (Lipinski definition) is 3. The summed E-state index contributed by atoms with van der Waals surface area (Å²) < 4.78 is 23.8. The van der Waals surface area contributed by atoms with Crippen molar-refractivity contribution in [3.63, 3.8) is 0 Å². The second-order valence-corrected chi connectivity index (χ2v) is 4.91. The molecule has 3 N–H and O–H groups in total. The Labute approximate surface area is 139 Å². The third-order valence-corrected chi connectivity index (χ3v) is 3.34. The van der Waals surface area contributed by atoms with Crippen LogP contribution in [-0.4, -0.2) is 32.3 Å². The molecule has 128 valence electrons. The molecule has 0 fully saturated rings. The first kappa shape index (κ1) is 17.4. The normalized spacial score (nSPS) is 11.1. The molecule has 7 heteroatoms. The summed E-state index contributed by atoms with van der Waals surface area (Å²) in [5, 5.41) is 15.4. The zero-order valence-electron chi connectivity index (χ0n) is 13.8. The summed E-state index contributed by atoms with van der Waals surface area (Å²) in [5.74, 6) is 0.712. The number of phenols is 1. The van der Waals surface area contributed by atoms with Gasteiger partial charge in [0, 0.05) is 25.3 Å². The molecule has 2 rings (SSSR count). The number of guanidine groups is 1. The van der Waals surface area contributed by atoms with E-state index >= 15 is 0 Å². The highest BCUT2D eigenvalue weighted by molar-refractivity contribution is 5.93. The maximum Gasteiger partial charge on any atom is 0.195 e. The molecule has 0 atom stereocenters. The van der Waals surface area contributed by atoms with E-state index in [9.17, 15) is 9.50 Å². The van der Waals surface area contributed by atoms with Crippen molar-refractivity contribution in [2.24, 2.45) is 4.99 Å². The molecular formula is C17H20FN3O3. The summed E-state index contributed by atoms with van der Waals surface area (Å²) >= 11 is 0. The summed E-state index contributed by atoms with van der Waals surface area (Å²) in [6.45, 7) is 0.351. The number of hydrogen-bond acceptors (Lipinski definition) is 4. The lowest BCUT2D eigenvalue weighted by molar-refractivity contribution is 0.355. The van der Waals surface area contributed by atoms with Crippen LogP contribution < -0.4 is 20.1 Å². The molecule has 0 heterocycles. The number of ether oxygens (including phenoxy) is 2. The highest BCUT2D eigenvalue weighted by atomic mass is 19.1. The van der Waals surface area contributed by atoms with E-state index in [1.165, 1.54) is 12.1 Å². The Kier molecular flexibility index (Phi) is 5.83. The van der Waals surface area contributed by atoms with Crippen LogP contribution in [0.3, 0.4) is 0 Å². The monoisotopic (exact) mass is 333 g/mol. The smallest absolute Gasteiger partial charge is 0.195 e. The Hall–Kier alpha value is -2.96.